The topological polar surface area (TPSA) is 89.9 Å². The maximum atomic E-state index is 12.0. The number of carbonyl (C=O) groups excluding carboxylic acids is 1. The predicted octanol–water partition coefficient (Wildman–Crippen LogP) is 0.271. The van der Waals surface area contributed by atoms with Crippen LogP contribution in [-0.2, 0) is 11.3 Å². The molecule has 0 aliphatic heterocycles. The highest BCUT2D eigenvalue weighted by Crippen LogP contribution is 2.17. The molecule has 0 unspecified atom stereocenters. The van der Waals surface area contributed by atoms with Crippen LogP contribution in [0.5, 0.6) is 0 Å². The smallest absolute Gasteiger partial charge is 0.224 e. The van der Waals surface area contributed by atoms with E-state index in [1.807, 2.05) is 6.92 Å². The molecule has 8 heteroatoms. The third kappa shape index (κ3) is 2.70. The van der Waals surface area contributed by atoms with Gasteiger partial charge in [-0.3, -0.25) is 4.79 Å². The van der Waals surface area contributed by atoms with E-state index in [-0.39, 0.29) is 11.9 Å². The summed E-state index contributed by atoms with van der Waals surface area (Å²) in [6, 6.07) is 1.63. The Labute approximate surface area is 104 Å². The second-order valence-electron chi connectivity index (χ2n) is 3.93. The van der Waals surface area contributed by atoms with Gasteiger partial charge in [-0.2, -0.15) is 0 Å². The lowest BCUT2D eigenvalue weighted by Gasteiger charge is -2.23. The van der Waals surface area contributed by atoms with Gasteiger partial charge in [0.2, 0.25) is 5.91 Å². The number of rotatable bonds is 5. The summed E-state index contributed by atoms with van der Waals surface area (Å²) in [6.07, 6.45) is 3.31. The Bertz CT molecular complexity index is 480. The zero-order chi connectivity index (χ0) is 13.0. The van der Waals surface area contributed by atoms with Gasteiger partial charge in [0.1, 0.15) is 18.3 Å². The summed E-state index contributed by atoms with van der Waals surface area (Å²) >= 11 is 0. The first-order chi connectivity index (χ1) is 8.68. The van der Waals surface area contributed by atoms with Crippen LogP contribution < -0.4 is 0 Å². The summed E-state index contributed by atoms with van der Waals surface area (Å²) in [5, 5.41) is 14.5. The normalized spacial score (nSPS) is 12.3. The fourth-order valence-electron chi connectivity index (χ4n) is 1.52. The van der Waals surface area contributed by atoms with Gasteiger partial charge < -0.3 is 9.42 Å². The first-order valence-electron chi connectivity index (χ1n) is 5.55. The Hall–Kier alpha value is -2.25. The van der Waals surface area contributed by atoms with Gasteiger partial charge in [-0.05, 0) is 17.4 Å². The summed E-state index contributed by atoms with van der Waals surface area (Å²) in [6.45, 7) is 2.36. The molecule has 0 fully saturated rings. The van der Waals surface area contributed by atoms with Crippen LogP contribution in [0.1, 0.15) is 25.1 Å². The lowest BCUT2D eigenvalue weighted by molar-refractivity contribution is -0.132. The summed E-state index contributed by atoms with van der Waals surface area (Å²) in [7, 11) is 1.74. The Kier molecular flexibility index (Phi) is 3.66. The second kappa shape index (κ2) is 5.39. The minimum absolute atomic E-state index is 0.000926. The molecule has 0 aliphatic carbocycles. The van der Waals surface area contributed by atoms with Crippen molar-refractivity contribution in [1.82, 2.24) is 30.3 Å². The van der Waals surface area contributed by atoms with Crippen molar-refractivity contribution in [1.29, 1.82) is 0 Å². The van der Waals surface area contributed by atoms with E-state index in [1.165, 1.54) is 17.3 Å². The summed E-state index contributed by atoms with van der Waals surface area (Å²) in [5.41, 5.74) is 0.730. The molecule has 2 aromatic rings. The summed E-state index contributed by atoms with van der Waals surface area (Å²) in [5.74, 6) is 0.000926. The van der Waals surface area contributed by atoms with Crippen molar-refractivity contribution in [2.45, 2.75) is 25.9 Å². The van der Waals surface area contributed by atoms with Crippen LogP contribution in [0.4, 0.5) is 0 Å². The van der Waals surface area contributed by atoms with Gasteiger partial charge in [-0.25, -0.2) is 4.68 Å². The molecular weight excluding hydrogens is 236 g/mol. The molecule has 1 atom stereocenters. The number of aryl methyl sites for hydroxylation is 1. The van der Waals surface area contributed by atoms with E-state index in [9.17, 15) is 4.79 Å². The largest absolute Gasteiger partial charge is 0.364 e. The van der Waals surface area contributed by atoms with Crippen LogP contribution in [-0.4, -0.2) is 43.2 Å². The van der Waals surface area contributed by atoms with E-state index < -0.39 is 0 Å². The second-order valence-corrected chi connectivity index (χ2v) is 3.93. The standard InChI is InChI=1S/C10H14N6O2/c1-8(9-4-6-18-12-9)15(2)10(17)3-5-16-7-11-13-14-16/h4,6-8H,3,5H2,1-2H3/t8-/m0/s1. The molecule has 0 saturated carbocycles. The number of aromatic nitrogens is 5. The number of tetrazole rings is 1. The predicted molar refractivity (Wildman–Crippen MR) is 60.1 cm³/mol. The molecule has 18 heavy (non-hydrogen) atoms. The number of nitrogens with zero attached hydrogens (tertiary/aromatic N) is 6. The van der Waals surface area contributed by atoms with Gasteiger partial charge >= 0.3 is 0 Å². The van der Waals surface area contributed by atoms with Crippen molar-refractivity contribution >= 4 is 5.91 Å². The summed E-state index contributed by atoms with van der Waals surface area (Å²) < 4.78 is 6.29. The molecule has 0 saturated heterocycles. The van der Waals surface area contributed by atoms with Crippen LogP contribution in [0.15, 0.2) is 23.2 Å². The Morgan fingerprint density at radius 2 is 2.44 bits per heavy atom. The molecule has 2 heterocycles. The third-order valence-corrected chi connectivity index (χ3v) is 2.81. The third-order valence-electron chi connectivity index (χ3n) is 2.81. The van der Waals surface area contributed by atoms with E-state index in [0.717, 1.165) is 5.69 Å². The molecule has 0 spiro atoms. The minimum atomic E-state index is -0.120. The van der Waals surface area contributed by atoms with Crippen LogP contribution in [0.25, 0.3) is 0 Å². The van der Waals surface area contributed by atoms with Crippen molar-refractivity contribution in [2.24, 2.45) is 0 Å². The first-order valence-corrected chi connectivity index (χ1v) is 5.55. The van der Waals surface area contributed by atoms with Crippen molar-refractivity contribution in [3.63, 3.8) is 0 Å². The Morgan fingerprint density at radius 3 is 3.06 bits per heavy atom. The number of hydrogen-bond acceptors (Lipinski definition) is 6. The van der Waals surface area contributed by atoms with Crippen molar-refractivity contribution in [2.75, 3.05) is 7.05 Å². The van der Waals surface area contributed by atoms with Crippen molar-refractivity contribution in [3.05, 3.63) is 24.4 Å². The van der Waals surface area contributed by atoms with Gasteiger partial charge in [-0.15, -0.1) is 5.10 Å². The quantitative estimate of drug-likeness (QED) is 0.756. The highest BCUT2D eigenvalue weighted by molar-refractivity contribution is 5.76. The molecule has 0 N–H and O–H groups in total. The summed E-state index contributed by atoms with van der Waals surface area (Å²) in [4.78, 5) is 13.6. The van der Waals surface area contributed by atoms with E-state index in [4.69, 9.17) is 4.52 Å². The molecule has 0 aliphatic rings. The lowest BCUT2D eigenvalue weighted by Crippen LogP contribution is -2.30. The van der Waals surface area contributed by atoms with E-state index in [1.54, 1.807) is 18.0 Å². The average Bonchev–Trinajstić information content (AvgIpc) is 3.06. The van der Waals surface area contributed by atoms with E-state index in [2.05, 4.69) is 20.7 Å². The van der Waals surface area contributed by atoms with Crippen molar-refractivity contribution in [3.8, 4) is 0 Å². The SMILES string of the molecule is C[C@@H](c1ccon1)N(C)C(=O)CCn1cnnn1. The molecule has 0 aromatic carbocycles. The fraction of sp³-hybridized carbons (Fsp3) is 0.500. The zero-order valence-corrected chi connectivity index (χ0v) is 10.2. The van der Waals surface area contributed by atoms with Crippen molar-refractivity contribution < 1.29 is 9.32 Å². The van der Waals surface area contributed by atoms with Gasteiger partial charge in [-0.1, -0.05) is 5.16 Å². The van der Waals surface area contributed by atoms with Crippen LogP contribution in [0.2, 0.25) is 0 Å². The van der Waals surface area contributed by atoms with Gasteiger partial charge in [0.15, 0.2) is 0 Å². The monoisotopic (exact) mass is 250 g/mol. The van der Waals surface area contributed by atoms with Crippen LogP contribution in [0, 0.1) is 0 Å². The van der Waals surface area contributed by atoms with E-state index >= 15 is 0 Å². The maximum absolute atomic E-state index is 12.0. The Morgan fingerprint density at radius 1 is 1.61 bits per heavy atom. The van der Waals surface area contributed by atoms with Gasteiger partial charge in [0.25, 0.3) is 0 Å². The highest BCUT2D eigenvalue weighted by Gasteiger charge is 2.19. The molecule has 0 radical (unpaired) electrons. The van der Waals surface area contributed by atoms with Gasteiger partial charge in [0, 0.05) is 19.5 Å². The highest BCUT2D eigenvalue weighted by atomic mass is 16.5. The fourth-order valence-corrected chi connectivity index (χ4v) is 1.52. The first kappa shape index (κ1) is 12.2. The van der Waals surface area contributed by atoms with Gasteiger partial charge in [0.05, 0.1) is 12.6 Å². The average molecular weight is 250 g/mol. The molecular formula is C10H14N6O2. The maximum Gasteiger partial charge on any atom is 0.224 e. The van der Waals surface area contributed by atoms with Crippen LogP contribution in [0.3, 0.4) is 0 Å². The molecule has 8 nitrogen and oxygen atoms in total. The van der Waals surface area contributed by atoms with E-state index in [0.29, 0.717) is 13.0 Å². The minimum Gasteiger partial charge on any atom is -0.364 e. The lowest BCUT2D eigenvalue weighted by atomic mass is 10.2. The van der Waals surface area contributed by atoms with Crippen LogP contribution >= 0.6 is 0 Å². The molecule has 96 valence electrons. The Balaban J connectivity index is 1.88. The molecule has 2 rings (SSSR count). The number of carbonyl (C=O) groups is 1. The zero-order valence-electron chi connectivity index (χ0n) is 10.2. The number of hydrogen-bond donors (Lipinski definition) is 0. The number of amides is 1. The molecule has 1 amide bonds. The molecule has 2 aromatic heterocycles. The molecule has 0 bridgehead atoms.